The standard InChI is InChI=1S/C20H25NO2/c1-4-21(5-2)14-17-10-12-18(13-11-17)15-23-20(22)19-9-7-6-8-16(19)3/h6-13H,4-5,14-15H2,1-3H3. The molecule has 0 amide bonds. The van der Waals surface area contributed by atoms with E-state index in [1.807, 2.05) is 37.3 Å². The third kappa shape index (κ3) is 4.93. The number of aryl methyl sites for hydroxylation is 1. The number of hydrogen-bond acceptors (Lipinski definition) is 3. The molecule has 0 fully saturated rings. The lowest BCUT2D eigenvalue weighted by atomic mass is 10.1. The van der Waals surface area contributed by atoms with Crippen molar-refractivity contribution in [1.82, 2.24) is 4.90 Å². The van der Waals surface area contributed by atoms with Crippen molar-refractivity contribution in [3.05, 3.63) is 70.8 Å². The molecule has 0 atom stereocenters. The quantitative estimate of drug-likeness (QED) is 0.718. The number of carbonyl (C=O) groups excluding carboxylic acids is 1. The Hall–Kier alpha value is -2.13. The summed E-state index contributed by atoms with van der Waals surface area (Å²) >= 11 is 0. The predicted octanol–water partition coefficient (Wildman–Crippen LogP) is 4.19. The van der Waals surface area contributed by atoms with Crippen molar-refractivity contribution in [1.29, 1.82) is 0 Å². The van der Waals surface area contributed by atoms with Crippen molar-refractivity contribution < 1.29 is 9.53 Å². The van der Waals surface area contributed by atoms with Crippen molar-refractivity contribution >= 4 is 5.97 Å². The Balaban J connectivity index is 1.91. The van der Waals surface area contributed by atoms with Crippen LogP contribution in [0.3, 0.4) is 0 Å². The molecular weight excluding hydrogens is 286 g/mol. The maximum Gasteiger partial charge on any atom is 0.338 e. The molecule has 23 heavy (non-hydrogen) atoms. The van der Waals surface area contributed by atoms with Crippen LogP contribution in [0.25, 0.3) is 0 Å². The zero-order valence-electron chi connectivity index (χ0n) is 14.2. The van der Waals surface area contributed by atoms with Gasteiger partial charge in [-0.3, -0.25) is 4.90 Å². The van der Waals surface area contributed by atoms with Gasteiger partial charge in [-0.25, -0.2) is 4.79 Å². The van der Waals surface area contributed by atoms with E-state index >= 15 is 0 Å². The van der Waals surface area contributed by atoms with Crippen LogP contribution in [0, 0.1) is 6.92 Å². The number of esters is 1. The SMILES string of the molecule is CCN(CC)Cc1ccc(COC(=O)c2ccccc2C)cc1. The van der Waals surface area contributed by atoms with Crippen molar-refractivity contribution in [3.8, 4) is 0 Å². The summed E-state index contributed by atoms with van der Waals surface area (Å²) in [4.78, 5) is 14.5. The van der Waals surface area contributed by atoms with Gasteiger partial charge < -0.3 is 4.74 Å². The van der Waals surface area contributed by atoms with E-state index in [0.29, 0.717) is 12.2 Å². The highest BCUT2D eigenvalue weighted by atomic mass is 16.5. The van der Waals surface area contributed by atoms with Gasteiger partial charge in [0.2, 0.25) is 0 Å². The molecule has 0 radical (unpaired) electrons. The molecule has 0 N–H and O–H groups in total. The molecule has 2 aromatic rings. The molecule has 2 aromatic carbocycles. The van der Waals surface area contributed by atoms with E-state index in [1.54, 1.807) is 6.07 Å². The second-order valence-electron chi connectivity index (χ2n) is 5.67. The average molecular weight is 311 g/mol. The fourth-order valence-electron chi connectivity index (χ4n) is 2.47. The number of carbonyl (C=O) groups is 1. The third-order valence-corrected chi connectivity index (χ3v) is 4.06. The summed E-state index contributed by atoms with van der Waals surface area (Å²) in [6.07, 6.45) is 0. The number of benzene rings is 2. The first-order chi connectivity index (χ1) is 11.1. The van der Waals surface area contributed by atoms with Crippen LogP contribution in [0.5, 0.6) is 0 Å². The lowest BCUT2D eigenvalue weighted by molar-refractivity contribution is 0.0472. The number of rotatable bonds is 7. The van der Waals surface area contributed by atoms with Crippen molar-refractivity contribution in [2.45, 2.75) is 33.9 Å². The van der Waals surface area contributed by atoms with Gasteiger partial charge in [0, 0.05) is 6.54 Å². The summed E-state index contributed by atoms with van der Waals surface area (Å²) in [6.45, 7) is 9.61. The minimum absolute atomic E-state index is 0.268. The normalized spacial score (nSPS) is 10.8. The number of hydrogen-bond donors (Lipinski definition) is 0. The molecule has 0 saturated carbocycles. The molecule has 0 heterocycles. The molecule has 0 aromatic heterocycles. The predicted molar refractivity (Wildman–Crippen MR) is 93.4 cm³/mol. The molecular formula is C20H25NO2. The first-order valence-electron chi connectivity index (χ1n) is 8.17. The summed E-state index contributed by atoms with van der Waals surface area (Å²) in [5, 5.41) is 0. The van der Waals surface area contributed by atoms with Crippen molar-refractivity contribution in [3.63, 3.8) is 0 Å². The van der Waals surface area contributed by atoms with Crippen molar-refractivity contribution in [2.75, 3.05) is 13.1 Å². The molecule has 0 unspecified atom stereocenters. The van der Waals surface area contributed by atoms with Crippen LogP contribution in [-0.2, 0) is 17.9 Å². The largest absolute Gasteiger partial charge is 0.457 e. The summed E-state index contributed by atoms with van der Waals surface area (Å²) in [5.74, 6) is -0.268. The van der Waals surface area contributed by atoms with Gasteiger partial charge in [-0.15, -0.1) is 0 Å². The van der Waals surface area contributed by atoms with E-state index in [4.69, 9.17) is 4.74 Å². The van der Waals surface area contributed by atoms with Crippen LogP contribution < -0.4 is 0 Å². The molecule has 0 aliphatic heterocycles. The fraction of sp³-hybridized carbons (Fsp3) is 0.350. The lowest BCUT2D eigenvalue weighted by Crippen LogP contribution is -2.22. The monoisotopic (exact) mass is 311 g/mol. The maximum absolute atomic E-state index is 12.1. The van der Waals surface area contributed by atoms with Gasteiger partial charge in [-0.1, -0.05) is 56.3 Å². The van der Waals surface area contributed by atoms with Gasteiger partial charge >= 0.3 is 5.97 Å². The van der Waals surface area contributed by atoms with Gasteiger partial charge in [-0.05, 0) is 42.8 Å². The molecule has 0 saturated heterocycles. The highest BCUT2D eigenvalue weighted by Gasteiger charge is 2.09. The van der Waals surface area contributed by atoms with Crippen LogP contribution in [0.2, 0.25) is 0 Å². The van der Waals surface area contributed by atoms with Crippen LogP contribution in [0.4, 0.5) is 0 Å². The summed E-state index contributed by atoms with van der Waals surface area (Å²) in [7, 11) is 0. The molecule has 0 spiro atoms. The van der Waals surface area contributed by atoms with Crippen LogP contribution >= 0.6 is 0 Å². The van der Waals surface area contributed by atoms with E-state index in [2.05, 4.69) is 30.9 Å². The van der Waals surface area contributed by atoms with Crippen LogP contribution in [0.1, 0.15) is 40.9 Å². The lowest BCUT2D eigenvalue weighted by Gasteiger charge is -2.18. The Morgan fingerprint density at radius 1 is 0.957 bits per heavy atom. The summed E-state index contributed by atoms with van der Waals surface area (Å²) < 4.78 is 5.41. The van der Waals surface area contributed by atoms with E-state index < -0.39 is 0 Å². The number of ether oxygens (including phenoxy) is 1. The zero-order valence-corrected chi connectivity index (χ0v) is 14.2. The van der Waals surface area contributed by atoms with E-state index in [0.717, 1.165) is 30.8 Å². The first kappa shape index (κ1) is 17.2. The highest BCUT2D eigenvalue weighted by Crippen LogP contribution is 2.12. The molecule has 0 aliphatic carbocycles. The Morgan fingerprint density at radius 3 is 2.17 bits per heavy atom. The Bertz CT molecular complexity index is 630. The third-order valence-electron chi connectivity index (χ3n) is 4.06. The smallest absolute Gasteiger partial charge is 0.338 e. The first-order valence-corrected chi connectivity index (χ1v) is 8.17. The summed E-state index contributed by atoms with van der Waals surface area (Å²) in [5.41, 5.74) is 3.86. The second-order valence-corrected chi connectivity index (χ2v) is 5.67. The molecule has 3 heteroatoms. The van der Waals surface area contributed by atoms with Gasteiger partial charge in [0.15, 0.2) is 0 Å². The Kier molecular flexibility index (Phi) is 6.36. The van der Waals surface area contributed by atoms with Crippen molar-refractivity contribution in [2.24, 2.45) is 0 Å². The molecule has 122 valence electrons. The molecule has 2 rings (SSSR count). The maximum atomic E-state index is 12.1. The topological polar surface area (TPSA) is 29.5 Å². The molecule has 0 aliphatic rings. The Labute approximate surface area is 138 Å². The van der Waals surface area contributed by atoms with E-state index in [-0.39, 0.29) is 5.97 Å². The minimum atomic E-state index is -0.268. The molecule has 0 bridgehead atoms. The highest BCUT2D eigenvalue weighted by molar-refractivity contribution is 5.90. The summed E-state index contributed by atoms with van der Waals surface area (Å²) in [6, 6.07) is 15.8. The fourth-order valence-corrected chi connectivity index (χ4v) is 2.47. The zero-order chi connectivity index (χ0) is 16.7. The van der Waals surface area contributed by atoms with E-state index in [1.165, 1.54) is 5.56 Å². The second kappa shape index (κ2) is 8.49. The van der Waals surface area contributed by atoms with Crippen LogP contribution in [-0.4, -0.2) is 24.0 Å². The van der Waals surface area contributed by atoms with E-state index in [9.17, 15) is 4.79 Å². The van der Waals surface area contributed by atoms with Gasteiger partial charge in [0.1, 0.15) is 6.61 Å². The van der Waals surface area contributed by atoms with Gasteiger partial charge in [-0.2, -0.15) is 0 Å². The Morgan fingerprint density at radius 2 is 1.57 bits per heavy atom. The molecule has 3 nitrogen and oxygen atoms in total. The van der Waals surface area contributed by atoms with Gasteiger partial charge in [0.05, 0.1) is 5.56 Å². The minimum Gasteiger partial charge on any atom is -0.457 e. The number of nitrogens with zero attached hydrogens (tertiary/aromatic N) is 1. The average Bonchev–Trinajstić information content (AvgIpc) is 2.59. The van der Waals surface area contributed by atoms with Crippen LogP contribution in [0.15, 0.2) is 48.5 Å². The van der Waals surface area contributed by atoms with Gasteiger partial charge in [0.25, 0.3) is 0 Å².